The Morgan fingerprint density at radius 2 is 2.27 bits per heavy atom. The van der Waals surface area contributed by atoms with E-state index in [9.17, 15) is 0 Å². The highest BCUT2D eigenvalue weighted by atomic mass is 32.2. The first-order chi connectivity index (χ1) is 5.38. The molecule has 0 atom stereocenters. The van der Waals surface area contributed by atoms with Crippen LogP contribution in [-0.2, 0) is 13.0 Å². The topological polar surface area (TPSA) is 30.7 Å². The number of rotatable bonds is 0. The van der Waals surface area contributed by atoms with Gasteiger partial charge in [-0.1, -0.05) is 0 Å². The molecule has 0 saturated carbocycles. The van der Waals surface area contributed by atoms with Crippen LogP contribution in [0.1, 0.15) is 11.6 Å². The number of aryl methyl sites for hydroxylation is 2. The van der Waals surface area contributed by atoms with Gasteiger partial charge in [0.15, 0.2) is 0 Å². The molecular weight excluding hydrogens is 158 g/mol. The zero-order valence-corrected chi connectivity index (χ0v) is 7.39. The standard InChI is InChI=1S/C7H11N3S/c1-6-8-9-7-2-4-11-5-3-10(6)7/h2-5H2,1H3. The summed E-state index contributed by atoms with van der Waals surface area (Å²) in [6, 6.07) is 0. The van der Waals surface area contributed by atoms with Gasteiger partial charge in [-0.25, -0.2) is 0 Å². The number of aromatic nitrogens is 3. The van der Waals surface area contributed by atoms with Gasteiger partial charge in [-0.05, 0) is 6.92 Å². The molecule has 0 amide bonds. The van der Waals surface area contributed by atoms with Crippen LogP contribution in [0.5, 0.6) is 0 Å². The van der Waals surface area contributed by atoms with Gasteiger partial charge in [0, 0.05) is 24.5 Å². The molecule has 0 fully saturated rings. The molecule has 0 N–H and O–H groups in total. The van der Waals surface area contributed by atoms with Crippen molar-refractivity contribution in [2.45, 2.75) is 19.9 Å². The molecule has 0 aromatic carbocycles. The van der Waals surface area contributed by atoms with Gasteiger partial charge in [-0.2, -0.15) is 11.8 Å². The van der Waals surface area contributed by atoms with Crippen LogP contribution in [0.25, 0.3) is 0 Å². The number of fused-ring (bicyclic) bond motifs is 1. The summed E-state index contributed by atoms with van der Waals surface area (Å²) in [6.45, 7) is 3.10. The maximum atomic E-state index is 4.12. The Hall–Kier alpha value is -0.510. The molecule has 11 heavy (non-hydrogen) atoms. The van der Waals surface area contributed by atoms with Gasteiger partial charge in [0.25, 0.3) is 0 Å². The summed E-state index contributed by atoms with van der Waals surface area (Å²) >= 11 is 2.00. The molecule has 1 aromatic heterocycles. The van der Waals surface area contributed by atoms with E-state index in [0.29, 0.717) is 0 Å². The lowest BCUT2D eigenvalue weighted by atomic mass is 10.4. The number of hydrogen-bond donors (Lipinski definition) is 0. The van der Waals surface area contributed by atoms with Crippen molar-refractivity contribution in [2.75, 3.05) is 11.5 Å². The number of nitrogens with zero attached hydrogens (tertiary/aromatic N) is 3. The molecule has 2 rings (SSSR count). The molecule has 3 nitrogen and oxygen atoms in total. The van der Waals surface area contributed by atoms with Crippen molar-refractivity contribution in [3.8, 4) is 0 Å². The molecule has 0 saturated heterocycles. The summed E-state index contributed by atoms with van der Waals surface area (Å²) < 4.78 is 2.22. The second-order valence-electron chi connectivity index (χ2n) is 2.68. The molecular formula is C7H11N3S. The minimum atomic E-state index is 1.06. The normalized spacial score (nSPS) is 17.5. The number of thioether (sulfide) groups is 1. The summed E-state index contributed by atoms with van der Waals surface area (Å²) in [5, 5.41) is 8.16. The summed E-state index contributed by atoms with van der Waals surface area (Å²) in [5.41, 5.74) is 0. The van der Waals surface area contributed by atoms with E-state index in [-0.39, 0.29) is 0 Å². The zero-order chi connectivity index (χ0) is 7.68. The Kier molecular flexibility index (Phi) is 1.85. The van der Waals surface area contributed by atoms with Crippen molar-refractivity contribution in [1.29, 1.82) is 0 Å². The Balaban J connectivity index is 2.35. The van der Waals surface area contributed by atoms with E-state index in [4.69, 9.17) is 0 Å². The number of hydrogen-bond acceptors (Lipinski definition) is 3. The van der Waals surface area contributed by atoms with Crippen LogP contribution in [0.3, 0.4) is 0 Å². The van der Waals surface area contributed by atoms with E-state index in [1.807, 2.05) is 18.7 Å². The van der Waals surface area contributed by atoms with Crippen LogP contribution in [0, 0.1) is 6.92 Å². The molecule has 60 valence electrons. The third-order valence-corrected chi connectivity index (χ3v) is 2.91. The van der Waals surface area contributed by atoms with Gasteiger partial charge < -0.3 is 4.57 Å². The van der Waals surface area contributed by atoms with Crippen LogP contribution >= 0.6 is 11.8 Å². The molecule has 1 aliphatic heterocycles. The van der Waals surface area contributed by atoms with Gasteiger partial charge in [0.05, 0.1) is 0 Å². The predicted octanol–water partition coefficient (Wildman–Crippen LogP) is 0.876. The first-order valence-electron chi connectivity index (χ1n) is 3.84. The highest BCUT2D eigenvalue weighted by molar-refractivity contribution is 7.99. The largest absolute Gasteiger partial charge is 0.314 e. The fourth-order valence-electron chi connectivity index (χ4n) is 1.32. The predicted molar refractivity (Wildman–Crippen MR) is 45.8 cm³/mol. The van der Waals surface area contributed by atoms with Gasteiger partial charge >= 0.3 is 0 Å². The molecule has 0 spiro atoms. The van der Waals surface area contributed by atoms with Crippen LogP contribution in [0.15, 0.2) is 0 Å². The quantitative estimate of drug-likeness (QED) is 0.577. The molecule has 1 aromatic rings. The summed E-state index contributed by atoms with van der Waals surface area (Å²) in [7, 11) is 0. The van der Waals surface area contributed by atoms with Crippen molar-refractivity contribution < 1.29 is 0 Å². The zero-order valence-electron chi connectivity index (χ0n) is 6.58. The third kappa shape index (κ3) is 1.27. The van der Waals surface area contributed by atoms with Gasteiger partial charge in [-0.15, -0.1) is 10.2 Å². The van der Waals surface area contributed by atoms with E-state index in [1.165, 1.54) is 11.5 Å². The molecule has 2 heterocycles. The van der Waals surface area contributed by atoms with Crippen LogP contribution < -0.4 is 0 Å². The molecule has 0 bridgehead atoms. The minimum absolute atomic E-state index is 1.06. The van der Waals surface area contributed by atoms with Crippen molar-refractivity contribution >= 4 is 11.8 Å². The fourth-order valence-corrected chi connectivity index (χ4v) is 2.16. The van der Waals surface area contributed by atoms with E-state index < -0.39 is 0 Å². The summed E-state index contributed by atoms with van der Waals surface area (Å²) in [5.74, 6) is 4.61. The van der Waals surface area contributed by atoms with Crippen LogP contribution in [0.4, 0.5) is 0 Å². The van der Waals surface area contributed by atoms with Gasteiger partial charge in [0.2, 0.25) is 0 Å². The van der Waals surface area contributed by atoms with E-state index in [2.05, 4.69) is 14.8 Å². The molecule has 0 unspecified atom stereocenters. The Bertz CT molecular complexity index is 256. The Morgan fingerprint density at radius 1 is 1.36 bits per heavy atom. The first kappa shape index (κ1) is 7.16. The Labute approximate surface area is 70.2 Å². The van der Waals surface area contributed by atoms with Crippen molar-refractivity contribution in [3.63, 3.8) is 0 Å². The average Bonchev–Trinajstić information content (AvgIpc) is 2.25. The van der Waals surface area contributed by atoms with Gasteiger partial charge in [-0.3, -0.25) is 0 Å². The Morgan fingerprint density at radius 3 is 3.18 bits per heavy atom. The highest BCUT2D eigenvalue weighted by Gasteiger charge is 2.10. The first-order valence-corrected chi connectivity index (χ1v) is 5.00. The summed E-state index contributed by atoms with van der Waals surface area (Å²) in [4.78, 5) is 0. The van der Waals surface area contributed by atoms with Crippen molar-refractivity contribution in [1.82, 2.24) is 14.8 Å². The van der Waals surface area contributed by atoms with E-state index in [0.717, 1.165) is 24.6 Å². The average molecular weight is 169 g/mol. The lowest BCUT2D eigenvalue weighted by molar-refractivity contribution is 0.703. The van der Waals surface area contributed by atoms with E-state index in [1.54, 1.807) is 0 Å². The minimum Gasteiger partial charge on any atom is -0.314 e. The smallest absolute Gasteiger partial charge is 0.133 e. The highest BCUT2D eigenvalue weighted by Crippen LogP contribution is 2.13. The second-order valence-corrected chi connectivity index (χ2v) is 3.90. The maximum Gasteiger partial charge on any atom is 0.133 e. The van der Waals surface area contributed by atoms with Crippen LogP contribution in [0.2, 0.25) is 0 Å². The lowest BCUT2D eigenvalue weighted by Crippen LogP contribution is -2.04. The van der Waals surface area contributed by atoms with Crippen LogP contribution in [-0.4, -0.2) is 26.3 Å². The SMILES string of the molecule is Cc1nnc2n1CCSCC2. The molecule has 0 aliphatic carbocycles. The molecule has 0 radical (unpaired) electrons. The monoisotopic (exact) mass is 169 g/mol. The molecule has 1 aliphatic rings. The van der Waals surface area contributed by atoms with Crippen molar-refractivity contribution in [2.24, 2.45) is 0 Å². The molecule has 4 heteroatoms. The maximum absolute atomic E-state index is 4.12. The van der Waals surface area contributed by atoms with Gasteiger partial charge in [0.1, 0.15) is 11.6 Å². The lowest BCUT2D eigenvalue weighted by Gasteiger charge is -2.01. The summed E-state index contributed by atoms with van der Waals surface area (Å²) in [6.07, 6.45) is 1.07. The third-order valence-electron chi connectivity index (χ3n) is 1.94. The van der Waals surface area contributed by atoms with E-state index >= 15 is 0 Å². The second kappa shape index (κ2) is 2.85. The van der Waals surface area contributed by atoms with Crippen molar-refractivity contribution in [3.05, 3.63) is 11.6 Å². The fraction of sp³-hybridized carbons (Fsp3) is 0.714.